The summed E-state index contributed by atoms with van der Waals surface area (Å²) >= 11 is 0. The minimum Gasteiger partial charge on any atom is -0.374 e. The molecule has 0 radical (unpaired) electrons. The third-order valence-corrected chi connectivity index (χ3v) is 7.37. The molecule has 2 heterocycles. The summed E-state index contributed by atoms with van der Waals surface area (Å²) in [6, 6.07) is 5.90. The minimum atomic E-state index is -3.80. The molecule has 1 unspecified atom stereocenters. The zero-order valence-corrected chi connectivity index (χ0v) is 19.2. The molecule has 0 amide bonds. The lowest BCUT2D eigenvalue weighted by atomic mass is 9.87. The van der Waals surface area contributed by atoms with Crippen LogP contribution in [0.3, 0.4) is 0 Å². The van der Waals surface area contributed by atoms with Crippen LogP contribution in [-0.4, -0.2) is 44.2 Å². The summed E-state index contributed by atoms with van der Waals surface area (Å²) in [5.41, 5.74) is 6.65. The normalized spacial score (nSPS) is 22.4. The molecule has 0 spiro atoms. The van der Waals surface area contributed by atoms with Crippen LogP contribution >= 0.6 is 7.60 Å². The van der Waals surface area contributed by atoms with Gasteiger partial charge in [-0.25, -0.2) is 0 Å². The van der Waals surface area contributed by atoms with Gasteiger partial charge in [0.2, 0.25) is 0 Å². The predicted molar refractivity (Wildman–Crippen MR) is 118 cm³/mol. The second-order valence-corrected chi connectivity index (χ2v) is 10.5. The molecule has 11 heteroatoms. The summed E-state index contributed by atoms with van der Waals surface area (Å²) in [4.78, 5) is 23.1. The first-order valence-electron chi connectivity index (χ1n) is 10.2. The van der Waals surface area contributed by atoms with Crippen molar-refractivity contribution < 1.29 is 28.1 Å². The number of nitrogens with two attached hydrogens (primary N) is 1. The van der Waals surface area contributed by atoms with E-state index in [9.17, 15) is 19.5 Å². The smallest absolute Gasteiger partial charge is 0.360 e. The number of non-ortho nitro benzene ring substituents is 1. The number of carbonyl (C=O) groups excluding carboxylic acids is 1. The minimum absolute atomic E-state index is 0.0698. The molecule has 3 N–H and O–H groups in total. The molecule has 1 fully saturated rings. The fourth-order valence-electron chi connectivity index (χ4n) is 3.67. The highest BCUT2D eigenvalue weighted by atomic mass is 31.2. The number of nitrogens with zero attached hydrogens (tertiary/aromatic N) is 1. The van der Waals surface area contributed by atoms with E-state index >= 15 is 0 Å². The monoisotopic (exact) mass is 465 g/mol. The van der Waals surface area contributed by atoms with Crippen molar-refractivity contribution in [3.8, 4) is 0 Å². The number of hydrogen-bond acceptors (Lipinski definition) is 9. The van der Waals surface area contributed by atoms with E-state index in [2.05, 4.69) is 5.32 Å². The first-order valence-corrected chi connectivity index (χ1v) is 11.7. The highest BCUT2D eigenvalue weighted by molar-refractivity contribution is 7.58. The maximum Gasteiger partial charge on any atom is 0.360 e. The van der Waals surface area contributed by atoms with E-state index < -0.39 is 18.4 Å². The molecule has 174 valence electrons. The number of aldehydes is 1. The second-order valence-electron chi connectivity index (χ2n) is 8.52. The molecule has 0 bridgehead atoms. The molecule has 0 saturated carbocycles. The van der Waals surface area contributed by atoms with Crippen molar-refractivity contribution in [2.75, 3.05) is 33.0 Å². The first kappa shape index (κ1) is 24.3. The van der Waals surface area contributed by atoms with Crippen LogP contribution in [0.4, 0.5) is 5.69 Å². The number of dihydropyridines is 1. The molecule has 1 atom stereocenters. The molecule has 0 aromatic heterocycles. The van der Waals surface area contributed by atoms with E-state index in [-0.39, 0.29) is 48.4 Å². The van der Waals surface area contributed by atoms with Gasteiger partial charge in [-0.3, -0.25) is 19.5 Å². The highest BCUT2D eigenvalue weighted by Gasteiger charge is 2.47. The lowest BCUT2D eigenvalue weighted by molar-refractivity contribution is -0.384. The molecular formula is C21H28N3O7P. The summed E-state index contributed by atoms with van der Waals surface area (Å²) in [5.74, 6) is -0.864. The fourth-order valence-corrected chi connectivity index (χ4v) is 6.14. The van der Waals surface area contributed by atoms with Gasteiger partial charge in [0.05, 0.1) is 36.7 Å². The Labute approximate surface area is 186 Å². The average molecular weight is 465 g/mol. The average Bonchev–Trinajstić information content (AvgIpc) is 2.76. The van der Waals surface area contributed by atoms with E-state index in [1.165, 1.54) is 18.2 Å². The zero-order chi connectivity index (χ0) is 23.5. The number of rotatable bonds is 8. The summed E-state index contributed by atoms with van der Waals surface area (Å²) in [5, 5.41) is 14.7. The van der Waals surface area contributed by atoms with Crippen molar-refractivity contribution in [1.29, 1.82) is 0 Å². The number of carbonyl (C=O) groups is 1. The molecule has 1 aromatic carbocycles. The van der Waals surface area contributed by atoms with Gasteiger partial charge in [-0.15, -0.1) is 0 Å². The Morgan fingerprint density at radius 3 is 2.66 bits per heavy atom. The number of allylic oxidation sites excluding steroid dienone is 3. The van der Waals surface area contributed by atoms with Crippen molar-refractivity contribution in [2.24, 2.45) is 11.1 Å². The molecule has 10 nitrogen and oxygen atoms in total. The third kappa shape index (κ3) is 5.00. The van der Waals surface area contributed by atoms with E-state index in [1.807, 2.05) is 13.8 Å². The van der Waals surface area contributed by atoms with Crippen molar-refractivity contribution in [3.63, 3.8) is 0 Å². The van der Waals surface area contributed by atoms with Crippen LogP contribution in [-0.2, 0) is 23.1 Å². The van der Waals surface area contributed by atoms with Crippen LogP contribution in [0.15, 0.2) is 46.5 Å². The number of nitro benzene ring substituents is 1. The van der Waals surface area contributed by atoms with Gasteiger partial charge in [0.15, 0.2) is 0 Å². The van der Waals surface area contributed by atoms with Crippen LogP contribution in [0.1, 0.15) is 32.3 Å². The lowest BCUT2D eigenvalue weighted by Gasteiger charge is -2.39. The van der Waals surface area contributed by atoms with Gasteiger partial charge in [0.1, 0.15) is 6.29 Å². The molecule has 1 aromatic rings. The third-order valence-electron chi connectivity index (χ3n) is 5.25. The SMILES string of the molecule is CC1=C(P2(=O)OCC(C)(C)CO2)C(c2cccc([N+](=O)[O-])c2)C(C=O)=C(COCCN)N1. The largest absolute Gasteiger partial charge is 0.374 e. The first-order chi connectivity index (χ1) is 15.1. The predicted octanol–water partition coefficient (Wildman–Crippen LogP) is 3.21. The Morgan fingerprint density at radius 2 is 2.06 bits per heavy atom. The Bertz CT molecular complexity index is 1000. The van der Waals surface area contributed by atoms with Crippen LogP contribution in [0.5, 0.6) is 0 Å². The van der Waals surface area contributed by atoms with E-state index in [1.54, 1.807) is 13.0 Å². The number of nitrogens with one attached hydrogen (secondary N) is 1. The quantitative estimate of drug-likeness (QED) is 0.194. The second kappa shape index (κ2) is 9.64. The highest BCUT2D eigenvalue weighted by Crippen LogP contribution is 2.66. The summed E-state index contributed by atoms with van der Waals surface area (Å²) in [6.07, 6.45) is 0.643. The van der Waals surface area contributed by atoms with E-state index in [0.717, 1.165) is 0 Å². The fraction of sp³-hybridized carbons (Fsp3) is 0.476. The van der Waals surface area contributed by atoms with Gasteiger partial charge < -0.3 is 24.8 Å². The molecule has 2 aliphatic rings. The standard InChI is InChI=1S/C21H28N3O7P/c1-14-20(32(28)30-12-21(2,3)13-31-32)19(15-5-4-6-16(9-15)24(26)27)17(10-25)18(23-14)11-29-8-7-22/h4-6,9-10,19,23H,7-8,11-13,22H2,1-3H3. The maximum absolute atomic E-state index is 13.9. The Hall–Kier alpha value is -2.36. The van der Waals surface area contributed by atoms with Crippen molar-refractivity contribution >= 4 is 19.6 Å². The van der Waals surface area contributed by atoms with Crippen LogP contribution in [0.2, 0.25) is 0 Å². The summed E-state index contributed by atoms with van der Waals surface area (Å²) < 4.78 is 30.9. The van der Waals surface area contributed by atoms with Crippen molar-refractivity contribution in [2.45, 2.75) is 26.7 Å². The van der Waals surface area contributed by atoms with Crippen molar-refractivity contribution in [3.05, 3.63) is 62.2 Å². The lowest BCUT2D eigenvalue weighted by Crippen LogP contribution is -2.34. The summed E-state index contributed by atoms with van der Waals surface area (Å²) in [7, 11) is -3.80. The Morgan fingerprint density at radius 1 is 1.38 bits per heavy atom. The topological polar surface area (TPSA) is 143 Å². The van der Waals surface area contributed by atoms with Gasteiger partial charge in [-0.2, -0.15) is 0 Å². The van der Waals surface area contributed by atoms with Gasteiger partial charge in [0, 0.05) is 47.0 Å². The van der Waals surface area contributed by atoms with Gasteiger partial charge in [0.25, 0.3) is 5.69 Å². The van der Waals surface area contributed by atoms with Gasteiger partial charge in [-0.1, -0.05) is 26.0 Å². The van der Waals surface area contributed by atoms with Crippen LogP contribution < -0.4 is 11.1 Å². The number of hydrogen-bond donors (Lipinski definition) is 2. The Kier molecular flexibility index (Phi) is 7.32. The Balaban J connectivity index is 2.13. The van der Waals surface area contributed by atoms with Gasteiger partial charge in [-0.05, 0) is 12.5 Å². The van der Waals surface area contributed by atoms with Crippen LogP contribution in [0, 0.1) is 15.5 Å². The zero-order valence-electron chi connectivity index (χ0n) is 18.3. The van der Waals surface area contributed by atoms with Crippen LogP contribution in [0.25, 0.3) is 0 Å². The van der Waals surface area contributed by atoms with E-state index in [0.29, 0.717) is 29.8 Å². The molecule has 32 heavy (non-hydrogen) atoms. The van der Waals surface area contributed by atoms with Crippen molar-refractivity contribution in [1.82, 2.24) is 5.32 Å². The summed E-state index contributed by atoms with van der Waals surface area (Å²) in [6.45, 7) is 6.64. The molecular weight excluding hydrogens is 437 g/mol. The molecule has 0 aliphatic carbocycles. The van der Waals surface area contributed by atoms with E-state index in [4.69, 9.17) is 19.5 Å². The number of ether oxygens (including phenoxy) is 1. The number of benzene rings is 1. The molecule has 3 rings (SSSR count). The molecule has 1 saturated heterocycles. The molecule has 2 aliphatic heterocycles. The maximum atomic E-state index is 13.9. The number of nitro groups is 1. The van der Waals surface area contributed by atoms with Gasteiger partial charge >= 0.3 is 7.60 Å².